The van der Waals surface area contributed by atoms with E-state index in [0.717, 1.165) is 27.8 Å². The maximum absolute atomic E-state index is 12.5. The molecule has 3 rings (SSSR count). The molecule has 0 spiro atoms. The summed E-state index contributed by atoms with van der Waals surface area (Å²) in [4.78, 5) is 38.4. The summed E-state index contributed by atoms with van der Waals surface area (Å²) in [5, 5.41) is 2.40. The average Bonchev–Trinajstić information content (AvgIpc) is 3.01. The Labute approximate surface area is 179 Å². The number of hydrogen-bond donors (Lipinski definition) is 1. The van der Waals surface area contributed by atoms with Crippen molar-refractivity contribution in [3.8, 4) is 11.5 Å². The maximum atomic E-state index is 12.5. The highest BCUT2D eigenvalue weighted by Crippen LogP contribution is 2.32. The first-order valence-corrected chi connectivity index (χ1v) is 10.1. The molecule has 2 aromatic rings. The third kappa shape index (κ3) is 5.42. The number of nitrogens with one attached hydrogen (secondary N) is 1. The van der Waals surface area contributed by atoms with Gasteiger partial charge in [-0.2, -0.15) is 0 Å². The molecule has 1 saturated heterocycles. The monoisotopic (exact) mass is 426 g/mol. The molecule has 2 aromatic carbocycles. The van der Waals surface area contributed by atoms with Gasteiger partial charge in [0.25, 0.3) is 11.1 Å². The Kier molecular flexibility index (Phi) is 7.13. The molecular formula is C22H22N2O5S. The number of rotatable bonds is 8. The van der Waals surface area contributed by atoms with Crippen molar-refractivity contribution in [1.82, 2.24) is 10.2 Å². The van der Waals surface area contributed by atoms with Crippen LogP contribution in [0.2, 0.25) is 0 Å². The molecule has 0 bridgehead atoms. The third-order valence-corrected chi connectivity index (χ3v) is 5.35. The van der Waals surface area contributed by atoms with Crippen LogP contribution in [0.5, 0.6) is 11.5 Å². The van der Waals surface area contributed by atoms with Gasteiger partial charge in [0.2, 0.25) is 5.91 Å². The number of amides is 3. The van der Waals surface area contributed by atoms with E-state index in [9.17, 15) is 14.4 Å². The Balaban J connectivity index is 1.52. The van der Waals surface area contributed by atoms with E-state index in [1.165, 1.54) is 0 Å². The first-order valence-electron chi connectivity index (χ1n) is 9.29. The Bertz CT molecular complexity index is 972. The average molecular weight is 426 g/mol. The van der Waals surface area contributed by atoms with Crippen molar-refractivity contribution in [2.24, 2.45) is 0 Å². The largest absolute Gasteiger partial charge is 0.497 e. The summed E-state index contributed by atoms with van der Waals surface area (Å²) in [7, 11) is 3.15. The molecule has 30 heavy (non-hydrogen) atoms. The molecule has 156 valence electrons. The molecule has 1 N–H and O–H groups in total. The highest BCUT2D eigenvalue weighted by molar-refractivity contribution is 8.18. The topological polar surface area (TPSA) is 84.9 Å². The molecule has 0 aliphatic carbocycles. The predicted molar refractivity (Wildman–Crippen MR) is 115 cm³/mol. The third-order valence-electron chi connectivity index (χ3n) is 4.44. The molecule has 0 atom stereocenters. The van der Waals surface area contributed by atoms with E-state index < -0.39 is 0 Å². The van der Waals surface area contributed by atoms with E-state index in [0.29, 0.717) is 16.4 Å². The number of thioether (sulfide) groups is 1. The molecule has 0 radical (unpaired) electrons. The van der Waals surface area contributed by atoms with Crippen LogP contribution in [0.1, 0.15) is 11.1 Å². The van der Waals surface area contributed by atoms with Crippen molar-refractivity contribution < 1.29 is 23.9 Å². The highest BCUT2D eigenvalue weighted by atomic mass is 32.2. The zero-order valence-corrected chi connectivity index (χ0v) is 17.5. The van der Waals surface area contributed by atoms with E-state index in [-0.39, 0.29) is 36.6 Å². The lowest BCUT2D eigenvalue weighted by Gasteiger charge is -2.13. The fourth-order valence-corrected chi connectivity index (χ4v) is 3.75. The second-order valence-electron chi connectivity index (χ2n) is 6.48. The van der Waals surface area contributed by atoms with Crippen LogP contribution in [-0.2, 0) is 16.0 Å². The van der Waals surface area contributed by atoms with Crippen LogP contribution in [-0.4, -0.2) is 49.3 Å². The van der Waals surface area contributed by atoms with Crippen LogP contribution in [0.3, 0.4) is 0 Å². The van der Waals surface area contributed by atoms with Crippen molar-refractivity contribution in [1.29, 1.82) is 0 Å². The Morgan fingerprint density at radius 1 is 1.07 bits per heavy atom. The number of ether oxygens (including phenoxy) is 2. The molecule has 7 nitrogen and oxygen atoms in total. The second-order valence-corrected chi connectivity index (χ2v) is 7.48. The van der Waals surface area contributed by atoms with Gasteiger partial charge in [-0.05, 0) is 53.2 Å². The number of carbonyl (C=O) groups excluding carboxylic acids is 3. The zero-order chi connectivity index (χ0) is 21.5. The molecule has 0 aromatic heterocycles. The number of imide groups is 1. The summed E-state index contributed by atoms with van der Waals surface area (Å²) >= 11 is 0.893. The van der Waals surface area contributed by atoms with Gasteiger partial charge in [-0.15, -0.1) is 0 Å². The lowest BCUT2D eigenvalue weighted by molar-refractivity contribution is -0.124. The van der Waals surface area contributed by atoms with E-state index in [1.54, 1.807) is 44.6 Å². The minimum atomic E-state index is -0.358. The van der Waals surface area contributed by atoms with Gasteiger partial charge in [0.05, 0.1) is 25.5 Å². The van der Waals surface area contributed by atoms with Gasteiger partial charge in [-0.25, -0.2) is 0 Å². The van der Waals surface area contributed by atoms with Crippen LogP contribution in [0.25, 0.3) is 6.08 Å². The first kappa shape index (κ1) is 21.4. The summed E-state index contributed by atoms with van der Waals surface area (Å²) in [6.07, 6.45) is 1.86. The van der Waals surface area contributed by atoms with E-state index >= 15 is 0 Å². The Hall–Kier alpha value is -3.26. The van der Waals surface area contributed by atoms with E-state index in [2.05, 4.69) is 5.32 Å². The minimum absolute atomic E-state index is 0.120. The second kappa shape index (κ2) is 9.98. The fraction of sp³-hybridized carbons (Fsp3) is 0.227. The van der Waals surface area contributed by atoms with Gasteiger partial charge < -0.3 is 14.8 Å². The quantitative estimate of drug-likeness (QED) is 0.653. The molecule has 0 saturated carbocycles. The molecule has 8 heteroatoms. The minimum Gasteiger partial charge on any atom is -0.497 e. The van der Waals surface area contributed by atoms with Crippen molar-refractivity contribution >= 4 is 34.9 Å². The molecular weight excluding hydrogens is 404 g/mol. The Morgan fingerprint density at radius 2 is 1.80 bits per heavy atom. The lowest BCUT2D eigenvalue weighted by Crippen LogP contribution is -2.37. The van der Waals surface area contributed by atoms with Crippen LogP contribution < -0.4 is 14.8 Å². The van der Waals surface area contributed by atoms with Crippen LogP contribution >= 0.6 is 11.8 Å². The molecule has 0 unspecified atom stereocenters. The SMILES string of the molecule is COc1ccc(/C=C2\SC(=O)N(CCNC(=O)Cc3cccc(OC)c3)C2=O)cc1. The van der Waals surface area contributed by atoms with Crippen molar-refractivity contribution in [2.75, 3.05) is 27.3 Å². The first-order chi connectivity index (χ1) is 14.5. The smallest absolute Gasteiger partial charge is 0.293 e. The van der Waals surface area contributed by atoms with Crippen molar-refractivity contribution in [2.45, 2.75) is 6.42 Å². The molecule has 1 aliphatic rings. The zero-order valence-electron chi connectivity index (χ0n) is 16.7. The van der Waals surface area contributed by atoms with E-state index in [1.807, 2.05) is 24.3 Å². The van der Waals surface area contributed by atoms with Crippen molar-refractivity contribution in [3.05, 3.63) is 64.6 Å². The maximum Gasteiger partial charge on any atom is 0.293 e. The van der Waals surface area contributed by atoms with Gasteiger partial charge in [0, 0.05) is 13.1 Å². The van der Waals surface area contributed by atoms with Gasteiger partial charge in [0.15, 0.2) is 0 Å². The number of hydrogen-bond acceptors (Lipinski definition) is 6. The summed E-state index contributed by atoms with van der Waals surface area (Å²) in [5.41, 5.74) is 1.62. The van der Waals surface area contributed by atoms with Crippen molar-refractivity contribution in [3.63, 3.8) is 0 Å². The molecule has 1 heterocycles. The highest BCUT2D eigenvalue weighted by Gasteiger charge is 2.34. The van der Waals surface area contributed by atoms with E-state index in [4.69, 9.17) is 9.47 Å². The number of nitrogens with zero attached hydrogens (tertiary/aromatic N) is 1. The molecule has 3 amide bonds. The molecule has 1 fully saturated rings. The molecule has 1 aliphatic heterocycles. The lowest BCUT2D eigenvalue weighted by atomic mass is 10.1. The fourth-order valence-electron chi connectivity index (χ4n) is 2.88. The van der Waals surface area contributed by atoms with Crippen LogP contribution in [0.4, 0.5) is 4.79 Å². The summed E-state index contributed by atoms with van der Waals surface area (Å²) in [5.74, 6) is 0.846. The van der Waals surface area contributed by atoms with Gasteiger partial charge in [-0.3, -0.25) is 19.3 Å². The number of methoxy groups -OCH3 is 2. The van der Waals surface area contributed by atoms with Gasteiger partial charge in [-0.1, -0.05) is 24.3 Å². The predicted octanol–water partition coefficient (Wildman–Crippen LogP) is 3.10. The normalized spacial score (nSPS) is 14.9. The Morgan fingerprint density at radius 3 is 2.50 bits per heavy atom. The summed E-state index contributed by atoms with van der Waals surface area (Å²) in [6, 6.07) is 14.4. The van der Waals surface area contributed by atoms with Crippen LogP contribution in [0, 0.1) is 0 Å². The van der Waals surface area contributed by atoms with Crippen LogP contribution in [0.15, 0.2) is 53.4 Å². The summed E-state index contributed by atoms with van der Waals surface area (Å²) in [6.45, 7) is 0.311. The number of benzene rings is 2. The summed E-state index contributed by atoms with van der Waals surface area (Å²) < 4.78 is 10.3. The number of carbonyl (C=O) groups is 3. The van der Waals surface area contributed by atoms with Gasteiger partial charge >= 0.3 is 0 Å². The standard InChI is InChI=1S/C22H22N2O5S/c1-28-17-8-6-15(7-9-17)13-19-21(26)24(22(27)30-19)11-10-23-20(25)14-16-4-3-5-18(12-16)29-2/h3-9,12-13H,10-11,14H2,1-2H3,(H,23,25)/b19-13-. The van der Waals surface area contributed by atoms with Gasteiger partial charge in [0.1, 0.15) is 11.5 Å².